The molecule has 0 aliphatic carbocycles. The molecule has 0 N–H and O–H groups in total. The van der Waals surface area contributed by atoms with Gasteiger partial charge in [-0.2, -0.15) is 0 Å². The number of aromatic nitrogens is 1. The molecule has 9 heteroatoms. The van der Waals surface area contributed by atoms with Crippen molar-refractivity contribution in [1.29, 1.82) is 0 Å². The van der Waals surface area contributed by atoms with Crippen LogP contribution >= 0.6 is 11.3 Å². The van der Waals surface area contributed by atoms with Crippen molar-refractivity contribution >= 4 is 32.9 Å². The Labute approximate surface area is 203 Å². The van der Waals surface area contributed by atoms with E-state index in [0.29, 0.717) is 29.3 Å². The van der Waals surface area contributed by atoms with Crippen LogP contribution in [0.25, 0.3) is 10.6 Å². The van der Waals surface area contributed by atoms with E-state index in [1.807, 2.05) is 49.4 Å². The van der Waals surface area contributed by atoms with Gasteiger partial charge in [-0.1, -0.05) is 30.3 Å². The quantitative estimate of drug-likeness (QED) is 0.437. The second-order valence-electron chi connectivity index (χ2n) is 8.37. The molecule has 1 amide bonds. The number of carbonyl (C=O) groups is 2. The molecule has 0 saturated carbocycles. The zero-order chi connectivity index (χ0) is 24.3. The smallest absolute Gasteiger partial charge is 0.261 e. The zero-order valence-corrected chi connectivity index (χ0v) is 20.7. The van der Waals surface area contributed by atoms with E-state index in [4.69, 9.17) is 4.74 Å². The Morgan fingerprint density at radius 1 is 1.12 bits per heavy atom. The van der Waals surface area contributed by atoms with Crippen molar-refractivity contribution in [3.05, 3.63) is 70.7 Å². The lowest BCUT2D eigenvalue weighted by Gasteiger charge is -2.28. The first kappa shape index (κ1) is 24.1. The topological polar surface area (TPSA) is 93.6 Å². The van der Waals surface area contributed by atoms with Crippen molar-refractivity contribution in [3.8, 4) is 16.3 Å². The number of benzene rings is 2. The number of ketones is 1. The minimum atomic E-state index is -3.13. The van der Waals surface area contributed by atoms with Crippen LogP contribution in [0.5, 0.6) is 5.75 Å². The second kappa shape index (κ2) is 10.1. The predicted octanol–water partition coefficient (Wildman–Crippen LogP) is 3.92. The van der Waals surface area contributed by atoms with Crippen LogP contribution in [-0.4, -0.2) is 54.1 Å². The molecule has 0 radical (unpaired) electrons. The lowest BCUT2D eigenvalue weighted by molar-refractivity contribution is -0.136. The van der Waals surface area contributed by atoms with Gasteiger partial charge in [0.15, 0.2) is 22.2 Å². The highest BCUT2D eigenvalue weighted by Crippen LogP contribution is 2.29. The van der Waals surface area contributed by atoms with Crippen molar-refractivity contribution in [3.63, 3.8) is 0 Å². The van der Waals surface area contributed by atoms with Crippen LogP contribution in [0.15, 0.2) is 54.6 Å². The standard InChI is InChI=1S/C25H26N2O5S2/c1-17-24(18(2)28)33-25(26-17)20-8-10-22(11-9-20)32-15-23(29)27(14-19-6-4-3-5-7-19)21-12-13-34(30,31)16-21/h3-11,21H,12-16H2,1-2H3/t21-/m1/s1. The van der Waals surface area contributed by atoms with Crippen LogP contribution in [0.3, 0.4) is 0 Å². The molecule has 2 aromatic carbocycles. The molecule has 34 heavy (non-hydrogen) atoms. The summed E-state index contributed by atoms with van der Waals surface area (Å²) in [4.78, 5) is 31.5. The first-order chi connectivity index (χ1) is 16.2. The van der Waals surface area contributed by atoms with E-state index in [0.717, 1.165) is 16.1 Å². The number of sulfone groups is 1. The molecule has 1 aliphatic heterocycles. The molecule has 1 fully saturated rings. The van der Waals surface area contributed by atoms with Gasteiger partial charge in [0.05, 0.1) is 22.1 Å². The van der Waals surface area contributed by atoms with Gasteiger partial charge in [-0.05, 0) is 43.2 Å². The van der Waals surface area contributed by atoms with E-state index in [1.54, 1.807) is 17.0 Å². The number of hydrogen-bond donors (Lipinski definition) is 0. The summed E-state index contributed by atoms with van der Waals surface area (Å²) in [6.45, 7) is 3.49. The van der Waals surface area contributed by atoms with Gasteiger partial charge in [-0.15, -0.1) is 11.3 Å². The number of Topliss-reactive ketones (excluding diaryl/α,β-unsaturated/α-hetero) is 1. The second-order valence-corrected chi connectivity index (χ2v) is 11.6. The van der Waals surface area contributed by atoms with Gasteiger partial charge in [-0.25, -0.2) is 13.4 Å². The van der Waals surface area contributed by atoms with E-state index in [1.165, 1.54) is 18.3 Å². The van der Waals surface area contributed by atoms with Crippen LogP contribution in [0, 0.1) is 6.92 Å². The lowest BCUT2D eigenvalue weighted by atomic mass is 10.1. The maximum atomic E-state index is 13.1. The average molecular weight is 499 g/mol. The van der Waals surface area contributed by atoms with E-state index < -0.39 is 9.84 Å². The largest absolute Gasteiger partial charge is 0.484 e. The van der Waals surface area contributed by atoms with Gasteiger partial charge < -0.3 is 9.64 Å². The minimum absolute atomic E-state index is 0.00478. The number of thiazole rings is 1. The molecule has 0 spiro atoms. The van der Waals surface area contributed by atoms with E-state index in [2.05, 4.69) is 4.98 Å². The highest BCUT2D eigenvalue weighted by molar-refractivity contribution is 7.91. The first-order valence-corrected chi connectivity index (χ1v) is 13.6. The maximum Gasteiger partial charge on any atom is 0.261 e. The molecule has 2 heterocycles. The Bertz CT molecular complexity index is 1280. The minimum Gasteiger partial charge on any atom is -0.484 e. The van der Waals surface area contributed by atoms with Crippen LogP contribution in [0.2, 0.25) is 0 Å². The monoisotopic (exact) mass is 498 g/mol. The Morgan fingerprint density at radius 3 is 2.41 bits per heavy atom. The molecule has 0 bridgehead atoms. The predicted molar refractivity (Wildman–Crippen MR) is 132 cm³/mol. The van der Waals surface area contributed by atoms with Gasteiger partial charge in [0.25, 0.3) is 5.91 Å². The summed E-state index contributed by atoms with van der Waals surface area (Å²) in [7, 11) is -3.13. The molecule has 3 aromatic rings. The summed E-state index contributed by atoms with van der Waals surface area (Å²) >= 11 is 1.35. The van der Waals surface area contributed by atoms with E-state index in [9.17, 15) is 18.0 Å². The fourth-order valence-corrected chi connectivity index (χ4v) is 6.69. The fraction of sp³-hybridized carbons (Fsp3) is 0.320. The normalized spacial score (nSPS) is 16.8. The van der Waals surface area contributed by atoms with Crippen molar-refractivity contribution in [2.75, 3.05) is 18.1 Å². The first-order valence-electron chi connectivity index (χ1n) is 11.0. The molecular weight excluding hydrogens is 472 g/mol. The van der Waals surface area contributed by atoms with Gasteiger partial charge in [0.2, 0.25) is 0 Å². The molecule has 0 unspecified atom stereocenters. The van der Waals surface area contributed by atoms with Crippen LogP contribution in [0.4, 0.5) is 0 Å². The summed E-state index contributed by atoms with van der Waals surface area (Å²) in [6.07, 6.45) is 0.436. The van der Waals surface area contributed by atoms with Gasteiger partial charge >= 0.3 is 0 Å². The van der Waals surface area contributed by atoms with Crippen LogP contribution in [0.1, 0.15) is 34.3 Å². The number of aryl methyl sites for hydroxylation is 1. The summed E-state index contributed by atoms with van der Waals surface area (Å²) in [5, 5.41) is 0.752. The van der Waals surface area contributed by atoms with Gasteiger partial charge in [0.1, 0.15) is 10.8 Å². The third-order valence-electron chi connectivity index (χ3n) is 5.75. The van der Waals surface area contributed by atoms with E-state index >= 15 is 0 Å². The third-order valence-corrected chi connectivity index (χ3v) is 8.80. The van der Waals surface area contributed by atoms with Crippen molar-refractivity contribution in [1.82, 2.24) is 9.88 Å². The number of hydrogen-bond acceptors (Lipinski definition) is 7. The average Bonchev–Trinajstić information content (AvgIpc) is 3.38. The SMILES string of the molecule is CC(=O)c1sc(-c2ccc(OCC(=O)N(Cc3ccccc3)[C@@H]3CCS(=O)(=O)C3)cc2)nc1C. The molecule has 1 aliphatic rings. The van der Waals surface area contributed by atoms with Gasteiger partial charge in [-0.3, -0.25) is 9.59 Å². The molecule has 178 valence electrons. The van der Waals surface area contributed by atoms with Crippen molar-refractivity contribution in [2.24, 2.45) is 0 Å². The van der Waals surface area contributed by atoms with E-state index in [-0.39, 0.29) is 35.8 Å². The number of rotatable bonds is 8. The van der Waals surface area contributed by atoms with Crippen molar-refractivity contribution in [2.45, 2.75) is 32.9 Å². The highest BCUT2D eigenvalue weighted by atomic mass is 32.2. The summed E-state index contributed by atoms with van der Waals surface area (Å²) < 4.78 is 29.8. The molecule has 1 saturated heterocycles. The number of amides is 1. The van der Waals surface area contributed by atoms with Crippen LogP contribution in [-0.2, 0) is 21.2 Å². The molecule has 1 aromatic heterocycles. The maximum absolute atomic E-state index is 13.1. The third kappa shape index (κ3) is 5.71. The Kier molecular flexibility index (Phi) is 7.13. The molecule has 7 nitrogen and oxygen atoms in total. The zero-order valence-electron chi connectivity index (χ0n) is 19.1. The van der Waals surface area contributed by atoms with Gasteiger partial charge in [0, 0.05) is 25.1 Å². The lowest BCUT2D eigenvalue weighted by Crippen LogP contribution is -2.43. The fourth-order valence-electron chi connectivity index (χ4n) is 3.99. The highest BCUT2D eigenvalue weighted by Gasteiger charge is 2.34. The molecule has 4 rings (SSSR count). The molecular formula is C25H26N2O5S2. The number of carbonyl (C=O) groups excluding carboxylic acids is 2. The Hall–Kier alpha value is -3.04. The van der Waals surface area contributed by atoms with Crippen molar-refractivity contribution < 1.29 is 22.7 Å². The Balaban J connectivity index is 1.43. The summed E-state index contributed by atoms with van der Waals surface area (Å²) in [5.74, 6) is 0.345. The number of nitrogens with zero attached hydrogens (tertiary/aromatic N) is 2. The molecule has 1 atom stereocenters. The summed E-state index contributed by atoms with van der Waals surface area (Å²) in [5.41, 5.74) is 2.51. The Morgan fingerprint density at radius 2 is 1.82 bits per heavy atom. The number of ether oxygens (including phenoxy) is 1. The van der Waals surface area contributed by atoms with Crippen LogP contribution < -0.4 is 4.74 Å². The summed E-state index contributed by atoms with van der Waals surface area (Å²) in [6, 6.07) is 16.4.